The Kier molecular flexibility index (Phi) is 9.19. The molecule has 3 saturated heterocycles. The van der Waals surface area contributed by atoms with Crippen LogP contribution in [-0.4, -0.2) is 93.1 Å². The number of aliphatic hydroxyl groups excluding tert-OH is 1. The molecule has 2 bridgehead atoms. The average Bonchev–Trinajstić information content (AvgIpc) is 3.35. The van der Waals surface area contributed by atoms with Crippen LogP contribution in [0, 0.1) is 17.8 Å². The Balaban J connectivity index is 2.12. The van der Waals surface area contributed by atoms with Gasteiger partial charge in [0.25, 0.3) is 0 Å². The van der Waals surface area contributed by atoms with E-state index >= 15 is 0 Å². The second kappa shape index (κ2) is 11.5. The van der Waals surface area contributed by atoms with Gasteiger partial charge in [-0.2, -0.15) is 0 Å². The third-order valence-corrected chi connectivity index (χ3v) is 8.91. The smallest absolute Gasteiger partial charge is 0.249 e. The molecule has 0 radical (unpaired) electrons. The van der Waals surface area contributed by atoms with E-state index in [0.29, 0.717) is 45.4 Å². The molecule has 8 nitrogen and oxygen atoms in total. The van der Waals surface area contributed by atoms with Gasteiger partial charge in [0.15, 0.2) is 0 Å². The molecule has 1 spiro atoms. The van der Waals surface area contributed by atoms with E-state index in [2.05, 4.69) is 20.1 Å². The first-order chi connectivity index (χ1) is 17.8. The van der Waals surface area contributed by atoms with Crippen molar-refractivity contribution >= 4 is 17.7 Å². The van der Waals surface area contributed by atoms with Gasteiger partial charge in [0.2, 0.25) is 17.7 Å². The van der Waals surface area contributed by atoms with Crippen molar-refractivity contribution in [2.45, 2.75) is 96.4 Å². The van der Waals surface area contributed by atoms with E-state index in [1.807, 2.05) is 34.6 Å². The minimum atomic E-state index is -1.06. The van der Waals surface area contributed by atoms with Gasteiger partial charge in [0.1, 0.15) is 11.6 Å². The van der Waals surface area contributed by atoms with Crippen LogP contribution in [0.2, 0.25) is 0 Å². The highest BCUT2D eigenvalue weighted by Gasteiger charge is 2.80. The van der Waals surface area contributed by atoms with E-state index in [9.17, 15) is 19.5 Å². The van der Waals surface area contributed by atoms with E-state index < -0.39 is 34.6 Å². The molecule has 3 unspecified atom stereocenters. The van der Waals surface area contributed by atoms with Gasteiger partial charge in [-0.3, -0.25) is 14.4 Å². The first-order valence-electron chi connectivity index (χ1n) is 14.3. The summed E-state index contributed by atoms with van der Waals surface area (Å²) in [6, 6.07) is -0.811. The molecule has 0 saturated carbocycles. The number of carbonyl (C=O) groups is 3. The first kappa shape index (κ1) is 30.4. The standard InChI is InChI=1S/C30H49N3O5/c1-9-15-31(16-10-2)25(35)22-23-26(36)32(18-13-12-14-19-34)24(27(37)33(17-11-3)28(5,6)7)30(23)20-21(4)29(22,8)38-30/h9,11,21-24,34H,1,3,10,12-20H2,2,4-8H3/t21?,22-,23+,24?,29+,30?/m1/s1. The number of carbonyl (C=O) groups excluding carboxylic acids is 3. The number of likely N-dealkylation sites (tertiary alicyclic amines) is 1. The van der Waals surface area contributed by atoms with Crippen molar-refractivity contribution in [2.24, 2.45) is 17.8 Å². The minimum absolute atomic E-state index is 0.000150. The highest BCUT2D eigenvalue weighted by atomic mass is 16.5. The second-order valence-electron chi connectivity index (χ2n) is 12.5. The van der Waals surface area contributed by atoms with Gasteiger partial charge in [0.05, 0.1) is 17.4 Å². The van der Waals surface area contributed by atoms with Crippen LogP contribution >= 0.6 is 0 Å². The number of ether oxygens (including phenoxy) is 1. The number of hydrogen-bond acceptors (Lipinski definition) is 5. The van der Waals surface area contributed by atoms with Gasteiger partial charge in [-0.25, -0.2) is 0 Å². The quantitative estimate of drug-likeness (QED) is 0.291. The molecule has 0 aliphatic carbocycles. The van der Waals surface area contributed by atoms with E-state index in [4.69, 9.17) is 4.74 Å². The third-order valence-electron chi connectivity index (χ3n) is 8.91. The molecule has 8 heteroatoms. The molecule has 3 amide bonds. The fourth-order valence-corrected chi connectivity index (χ4v) is 7.09. The van der Waals surface area contributed by atoms with Crippen LogP contribution in [0.5, 0.6) is 0 Å². The van der Waals surface area contributed by atoms with Crippen molar-refractivity contribution in [3.05, 3.63) is 25.3 Å². The lowest BCUT2D eigenvalue weighted by molar-refractivity contribution is -0.157. The average molecular weight is 532 g/mol. The first-order valence-corrected chi connectivity index (χ1v) is 14.3. The molecular weight excluding hydrogens is 482 g/mol. The lowest BCUT2D eigenvalue weighted by Gasteiger charge is -2.42. The number of nitrogens with zero attached hydrogens (tertiary/aromatic N) is 3. The van der Waals surface area contributed by atoms with Gasteiger partial charge in [0, 0.05) is 38.3 Å². The monoisotopic (exact) mass is 531 g/mol. The molecule has 38 heavy (non-hydrogen) atoms. The lowest BCUT2D eigenvalue weighted by atomic mass is 9.62. The third kappa shape index (κ3) is 4.94. The molecule has 3 fully saturated rings. The Bertz CT molecular complexity index is 929. The van der Waals surface area contributed by atoms with Gasteiger partial charge in [-0.15, -0.1) is 13.2 Å². The zero-order valence-electron chi connectivity index (χ0n) is 24.4. The molecule has 3 aliphatic heterocycles. The lowest BCUT2D eigenvalue weighted by Crippen LogP contribution is -2.60. The molecule has 214 valence electrons. The maximum atomic E-state index is 14.4. The Morgan fingerprint density at radius 3 is 2.37 bits per heavy atom. The summed E-state index contributed by atoms with van der Waals surface area (Å²) in [4.78, 5) is 48.1. The summed E-state index contributed by atoms with van der Waals surface area (Å²) in [7, 11) is 0. The SMILES string of the molecule is C=CCN(CCC)C(=O)[C@H]1[C@H]2C(=O)N(CCCCCO)C(C(=O)N(CC=C)C(C)(C)C)C23CC(C)[C@]1(C)O3. The number of fused-ring (bicyclic) bond motifs is 1. The molecule has 3 heterocycles. The van der Waals surface area contributed by atoms with Crippen molar-refractivity contribution in [1.29, 1.82) is 0 Å². The predicted molar refractivity (Wildman–Crippen MR) is 148 cm³/mol. The van der Waals surface area contributed by atoms with Crippen molar-refractivity contribution in [2.75, 3.05) is 32.8 Å². The van der Waals surface area contributed by atoms with Crippen LogP contribution in [-0.2, 0) is 19.1 Å². The number of rotatable bonds is 13. The highest BCUT2D eigenvalue weighted by molar-refractivity contribution is 5.99. The summed E-state index contributed by atoms with van der Waals surface area (Å²) >= 11 is 0. The number of amides is 3. The largest absolute Gasteiger partial charge is 0.396 e. The summed E-state index contributed by atoms with van der Waals surface area (Å²) in [5.74, 6) is -1.78. The zero-order valence-corrected chi connectivity index (χ0v) is 24.4. The summed E-state index contributed by atoms with van der Waals surface area (Å²) in [5.41, 5.74) is -2.39. The fraction of sp³-hybridized carbons (Fsp3) is 0.767. The van der Waals surface area contributed by atoms with Crippen LogP contribution < -0.4 is 0 Å². The Labute approximate surface area is 229 Å². The van der Waals surface area contributed by atoms with Crippen LogP contribution in [0.4, 0.5) is 0 Å². The topological polar surface area (TPSA) is 90.4 Å². The fourth-order valence-electron chi connectivity index (χ4n) is 7.09. The molecule has 1 N–H and O–H groups in total. The summed E-state index contributed by atoms with van der Waals surface area (Å²) in [5, 5.41) is 9.26. The van der Waals surface area contributed by atoms with Crippen LogP contribution in [0.3, 0.4) is 0 Å². The number of aliphatic hydroxyl groups is 1. The molecule has 3 rings (SSSR count). The van der Waals surface area contributed by atoms with Crippen molar-refractivity contribution in [3.63, 3.8) is 0 Å². The number of hydrogen-bond donors (Lipinski definition) is 1. The molecule has 0 aromatic rings. The van der Waals surface area contributed by atoms with Crippen LogP contribution in [0.1, 0.15) is 73.6 Å². The molecular formula is C30H49N3O5. The molecule has 0 aromatic carbocycles. The Morgan fingerprint density at radius 1 is 1.16 bits per heavy atom. The Hall–Kier alpha value is -2.19. The van der Waals surface area contributed by atoms with Crippen molar-refractivity contribution in [1.82, 2.24) is 14.7 Å². The van der Waals surface area contributed by atoms with E-state index in [1.54, 1.807) is 26.9 Å². The van der Waals surface area contributed by atoms with Crippen molar-refractivity contribution in [3.8, 4) is 0 Å². The maximum Gasteiger partial charge on any atom is 0.249 e. The summed E-state index contributed by atoms with van der Waals surface area (Å²) in [6.07, 6.45) is 6.82. The van der Waals surface area contributed by atoms with Gasteiger partial charge >= 0.3 is 0 Å². The van der Waals surface area contributed by atoms with Gasteiger partial charge in [-0.1, -0.05) is 26.0 Å². The molecule has 3 aliphatic rings. The maximum absolute atomic E-state index is 14.4. The summed E-state index contributed by atoms with van der Waals surface area (Å²) in [6.45, 7) is 21.5. The predicted octanol–water partition coefficient (Wildman–Crippen LogP) is 3.40. The second-order valence-corrected chi connectivity index (χ2v) is 12.5. The van der Waals surface area contributed by atoms with Crippen molar-refractivity contribution < 1.29 is 24.2 Å². The van der Waals surface area contributed by atoms with E-state index in [1.165, 1.54) is 0 Å². The van der Waals surface area contributed by atoms with Gasteiger partial charge in [-0.05, 0) is 65.7 Å². The molecule has 0 aromatic heterocycles. The van der Waals surface area contributed by atoms with Crippen LogP contribution in [0.25, 0.3) is 0 Å². The normalized spacial score (nSPS) is 31.9. The zero-order chi connectivity index (χ0) is 28.5. The summed E-state index contributed by atoms with van der Waals surface area (Å²) < 4.78 is 6.88. The minimum Gasteiger partial charge on any atom is -0.396 e. The van der Waals surface area contributed by atoms with Gasteiger partial charge < -0.3 is 24.5 Å². The van der Waals surface area contributed by atoms with Crippen LogP contribution in [0.15, 0.2) is 25.3 Å². The highest BCUT2D eigenvalue weighted by Crippen LogP contribution is 2.65. The van der Waals surface area contributed by atoms with E-state index in [0.717, 1.165) is 12.8 Å². The Morgan fingerprint density at radius 2 is 1.82 bits per heavy atom. The number of unbranched alkanes of at least 4 members (excludes halogenated alkanes) is 2. The van der Waals surface area contributed by atoms with E-state index in [-0.39, 0.29) is 30.2 Å². The molecule has 6 atom stereocenters.